The van der Waals surface area contributed by atoms with Gasteiger partial charge in [0.25, 0.3) is 0 Å². The van der Waals surface area contributed by atoms with Gasteiger partial charge in [-0.25, -0.2) is 8.42 Å². The van der Waals surface area contributed by atoms with Gasteiger partial charge in [0.05, 0.1) is 11.0 Å². The zero-order valence-corrected chi connectivity index (χ0v) is 10.6. The number of hydrogen-bond donors (Lipinski definition) is 1. The molecule has 1 N–H and O–H groups in total. The highest BCUT2D eigenvalue weighted by Crippen LogP contribution is 2.25. The van der Waals surface area contributed by atoms with E-state index in [9.17, 15) is 8.42 Å². The minimum atomic E-state index is -2.86. The van der Waals surface area contributed by atoms with Crippen LogP contribution in [0.2, 0.25) is 0 Å². The van der Waals surface area contributed by atoms with Crippen LogP contribution in [0.25, 0.3) is 0 Å². The van der Waals surface area contributed by atoms with Crippen LogP contribution in [0.3, 0.4) is 0 Å². The fraction of sp³-hybridized carbons (Fsp3) is 1.00. The largest absolute Gasteiger partial charge is 0.313 e. The van der Waals surface area contributed by atoms with E-state index < -0.39 is 9.84 Å². The second-order valence-corrected chi connectivity index (χ2v) is 6.72. The first kappa shape index (κ1) is 13.0. The van der Waals surface area contributed by atoms with Crippen LogP contribution >= 0.6 is 0 Å². The Labute approximate surface area is 93.6 Å². The first-order valence-corrected chi connectivity index (χ1v) is 7.76. The van der Waals surface area contributed by atoms with Crippen LogP contribution in [-0.4, -0.2) is 32.0 Å². The lowest BCUT2D eigenvalue weighted by Gasteiger charge is -2.18. The van der Waals surface area contributed by atoms with Gasteiger partial charge in [0.1, 0.15) is 0 Å². The third-order valence-electron chi connectivity index (χ3n) is 3.23. The molecule has 0 aromatic heterocycles. The van der Waals surface area contributed by atoms with Gasteiger partial charge in [0, 0.05) is 6.04 Å². The topological polar surface area (TPSA) is 46.2 Å². The third-order valence-corrected chi connectivity index (χ3v) is 5.58. The quantitative estimate of drug-likeness (QED) is 0.760. The van der Waals surface area contributed by atoms with Gasteiger partial charge >= 0.3 is 0 Å². The molecule has 0 radical (unpaired) electrons. The van der Waals surface area contributed by atoms with Gasteiger partial charge in [-0.2, -0.15) is 0 Å². The molecule has 4 heteroatoms. The van der Waals surface area contributed by atoms with Gasteiger partial charge in [-0.05, 0) is 25.8 Å². The van der Waals surface area contributed by atoms with Crippen LogP contribution in [0, 0.1) is 0 Å². The summed E-state index contributed by atoms with van der Waals surface area (Å²) >= 11 is 0. The Kier molecular flexibility index (Phi) is 5.06. The molecule has 1 aliphatic rings. The van der Waals surface area contributed by atoms with E-state index >= 15 is 0 Å². The second-order valence-electron chi connectivity index (χ2n) is 4.40. The van der Waals surface area contributed by atoms with Crippen molar-refractivity contribution in [2.45, 2.75) is 57.2 Å². The predicted octanol–water partition coefficient (Wildman–Crippen LogP) is 1.73. The molecule has 0 saturated heterocycles. The highest BCUT2D eigenvalue weighted by molar-refractivity contribution is 7.92. The van der Waals surface area contributed by atoms with Crippen LogP contribution in [0.5, 0.6) is 0 Å². The number of sulfone groups is 1. The molecule has 0 aromatic rings. The molecule has 1 saturated carbocycles. The Morgan fingerprint density at radius 2 is 1.87 bits per heavy atom. The lowest BCUT2D eigenvalue weighted by molar-refractivity contribution is 0.526. The molecular formula is C11H23NO2S. The van der Waals surface area contributed by atoms with Crippen molar-refractivity contribution in [1.29, 1.82) is 0 Å². The maximum atomic E-state index is 12.0. The van der Waals surface area contributed by atoms with Gasteiger partial charge in [0.15, 0.2) is 9.84 Å². The van der Waals surface area contributed by atoms with Crippen molar-refractivity contribution in [3.63, 3.8) is 0 Å². The smallest absolute Gasteiger partial charge is 0.154 e. The Balaban J connectivity index is 2.53. The molecule has 1 rings (SSSR count). The zero-order valence-electron chi connectivity index (χ0n) is 9.83. The average Bonchev–Trinajstić information content (AvgIpc) is 2.70. The fourth-order valence-electron chi connectivity index (χ4n) is 2.27. The van der Waals surface area contributed by atoms with Crippen molar-refractivity contribution in [3.8, 4) is 0 Å². The van der Waals surface area contributed by atoms with Crippen molar-refractivity contribution >= 4 is 9.84 Å². The van der Waals surface area contributed by atoms with E-state index in [4.69, 9.17) is 0 Å². The van der Waals surface area contributed by atoms with Gasteiger partial charge in [-0.15, -0.1) is 0 Å². The summed E-state index contributed by atoms with van der Waals surface area (Å²) in [4.78, 5) is 0. The second kappa shape index (κ2) is 5.85. The fourth-order valence-corrected chi connectivity index (χ4v) is 4.51. The van der Waals surface area contributed by atoms with E-state index in [0.717, 1.165) is 38.6 Å². The minimum absolute atomic E-state index is 0.0507. The summed E-state index contributed by atoms with van der Waals surface area (Å²) in [5.74, 6) is 0.321. The normalized spacial score (nSPS) is 20.7. The highest BCUT2D eigenvalue weighted by Gasteiger charge is 2.30. The summed E-state index contributed by atoms with van der Waals surface area (Å²) < 4.78 is 24.1. The molecule has 1 unspecified atom stereocenters. The molecule has 0 aliphatic heterocycles. The van der Waals surface area contributed by atoms with Crippen LogP contribution in [0.4, 0.5) is 0 Å². The lowest BCUT2D eigenvalue weighted by atomic mass is 10.2. The van der Waals surface area contributed by atoms with E-state index in [2.05, 4.69) is 5.32 Å². The highest BCUT2D eigenvalue weighted by atomic mass is 32.2. The third kappa shape index (κ3) is 3.76. The number of nitrogens with one attached hydrogen (secondary N) is 1. The molecule has 0 spiro atoms. The van der Waals surface area contributed by atoms with Crippen LogP contribution in [0.15, 0.2) is 0 Å². The minimum Gasteiger partial charge on any atom is -0.313 e. The number of rotatable bonds is 6. The summed E-state index contributed by atoms with van der Waals surface area (Å²) in [5.41, 5.74) is 0. The van der Waals surface area contributed by atoms with E-state index in [1.54, 1.807) is 0 Å². The molecular weight excluding hydrogens is 210 g/mol. The van der Waals surface area contributed by atoms with Crippen LogP contribution in [-0.2, 0) is 9.84 Å². The van der Waals surface area contributed by atoms with Crippen LogP contribution in [0.1, 0.15) is 46.0 Å². The summed E-state index contributed by atoms with van der Waals surface area (Å²) in [7, 11) is -2.86. The van der Waals surface area contributed by atoms with Crippen molar-refractivity contribution in [2.75, 3.05) is 12.3 Å². The van der Waals surface area contributed by atoms with Crippen molar-refractivity contribution in [1.82, 2.24) is 5.32 Å². The molecule has 1 aliphatic carbocycles. The lowest BCUT2D eigenvalue weighted by Crippen LogP contribution is -2.37. The Morgan fingerprint density at radius 1 is 1.27 bits per heavy atom. The van der Waals surface area contributed by atoms with E-state index in [-0.39, 0.29) is 11.3 Å². The SMILES string of the molecule is CCNC(CC)CS(=O)(=O)C1CCCC1. The Bertz CT molecular complexity index is 268. The number of hydrogen-bond acceptors (Lipinski definition) is 3. The monoisotopic (exact) mass is 233 g/mol. The van der Waals surface area contributed by atoms with Crippen molar-refractivity contribution < 1.29 is 8.42 Å². The summed E-state index contributed by atoms with van der Waals surface area (Å²) in [6.45, 7) is 4.90. The maximum Gasteiger partial charge on any atom is 0.154 e. The molecule has 0 aromatic carbocycles. The summed E-state index contributed by atoms with van der Waals surface area (Å²) in [5, 5.41) is 3.18. The van der Waals surface area contributed by atoms with Gasteiger partial charge in [0.2, 0.25) is 0 Å². The molecule has 0 heterocycles. The first-order valence-electron chi connectivity index (χ1n) is 6.05. The molecule has 15 heavy (non-hydrogen) atoms. The molecule has 0 amide bonds. The van der Waals surface area contributed by atoms with Gasteiger partial charge in [-0.3, -0.25) is 0 Å². The molecule has 90 valence electrons. The van der Waals surface area contributed by atoms with Gasteiger partial charge in [-0.1, -0.05) is 26.7 Å². The summed E-state index contributed by atoms with van der Waals surface area (Å²) in [6, 6.07) is 0.139. The van der Waals surface area contributed by atoms with Gasteiger partial charge < -0.3 is 5.32 Å². The van der Waals surface area contributed by atoms with Crippen LogP contribution < -0.4 is 5.32 Å². The molecule has 0 bridgehead atoms. The zero-order chi connectivity index (χ0) is 11.3. The van der Waals surface area contributed by atoms with E-state index in [1.807, 2.05) is 13.8 Å². The first-order chi connectivity index (χ1) is 7.10. The average molecular weight is 233 g/mol. The predicted molar refractivity (Wildman–Crippen MR) is 63.8 cm³/mol. The molecule has 1 atom stereocenters. The molecule has 3 nitrogen and oxygen atoms in total. The summed E-state index contributed by atoms with van der Waals surface area (Å²) in [6.07, 6.45) is 4.82. The van der Waals surface area contributed by atoms with E-state index in [0.29, 0.717) is 5.75 Å². The van der Waals surface area contributed by atoms with Crippen molar-refractivity contribution in [3.05, 3.63) is 0 Å². The maximum absolute atomic E-state index is 12.0. The molecule has 1 fully saturated rings. The van der Waals surface area contributed by atoms with Crippen molar-refractivity contribution in [2.24, 2.45) is 0 Å². The van der Waals surface area contributed by atoms with E-state index in [1.165, 1.54) is 0 Å². The standard InChI is InChI=1S/C11H23NO2S/c1-3-10(12-4-2)9-15(13,14)11-7-5-6-8-11/h10-12H,3-9H2,1-2H3. The Morgan fingerprint density at radius 3 is 2.33 bits per heavy atom. The Hall–Kier alpha value is -0.0900.